The number of aromatic nitrogens is 9. The van der Waals surface area contributed by atoms with Crippen LogP contribution in [0.25, 0.3) is 49.8 Å². The van der Waals surface area contributed by atoms with Crippen molar-refractivity contribution < 1.29 is 61.0 Å². The van der Waals surface area contributed by atoms with Gasteiger partial charge in [0.1, 0.15) is 23.3 Å². The quantitative estimate of drug-likeness (QED) is 0.0329. The van der Waals surface area contributed by atoms with Gasteiger partial charge in [0.15, 0.2) is 0 Å². The fraction of sp³-hybridized carbons (Fsp3) is 0.292. The first-order chi connectivity index (χ1) is 63.1. The first kappa shape index (κ1) is 91.7. The molecule has 8 aliphatic rings. The molecule has 6 aromatic heterocycles. The van der Waals surface area contributed by atoms with E-state index < -0.39 is 47.8 Å². The van der Waals surface area contributed by atoms with E-state index in [0.717, 1.165) is 101 Å². The fourth-order valence-electron chi connectivity index (χ4n) is 16.3. The van der Waals surface area contributed by atoms with Crippen LogP contribution in [0.2, 0.25) is 0 Å². The lowest BCUT2D eigenvalue weighted by Gasteiger charge is -2.29. The number of carbonyl (C=O) groups is 8. The van der Waals surface area contributed by atoms with E-state index in [1.165, 1.54) is 56.2 Å². The maximum atomic E-state index is 15.0. The Morgan fingerprint density at radius 1 is 0.397 bits per heavy atom. The summed E-state index contributed by atoms with van der Waals surface area (Å²) in [6.07, 6.45) is 18.0. The van der Waals surface area contributed by atoms with Gasteiger partial charge in [-0.3, -0.25) is 52.7 Å². The Balaban J connectivity index is 0.000000128. The Morgan fingerprint density at radius 2 is 0.718 bits per heavy atom. The molecule has 7 aromatic carbocycles. The zero-order chi connectivity index (χ0) is 92.7. The van der Waals surface area contributed by atoms with Crippen LogP contribution in [0.1, 0.15) is 123 Å². The van der Waals surface area contributed by atoms with Crippen molar-refractivity contribution in [2.24, 2.45) is 56.3 Å². The average Bonchev–Trinajstić information content (AvgIpc) is 1.60. The molecular formula is C96H95F4IN18O12. The number of nitrogens with zero attached hydrogens (tertiary/aromatic N) is 11. The molecule has 35 heteroatoms. The first-order valence-electron chi connectivity index (χ1n) is 42.9. The molecule has 0 radical (unpaired) electrons. The zero-order valence-corrected chi connectivity index (χ0v) is 73.8. The molecule has 4 aliphatic heterocycles. The van der Waals surface area contributed by atoms with Gasteiger partial charge in [-0.25, -0.2) is 31.6 Å². The molecular weight excluding hydrogens is 1800 g/mol. The number of fused-ring (bicyclic) bond motifs is 3. The number of amides is 7. The number of benzene rings is 7. The van der Waals surface area contributed by atoms with E-state index in [-0.39, 0.29) is 137 Å². The Labute approximate surface area is 761 Å². The maximum absolute atomic E-state index is 15.0. The lowest BCUT2D eigenvalue weighted by atomic mass is 9.98. The van der Waals surface area contributed by atoms with Crippen LogP contribution in [0.5, 0.6) is 0 Å². The lowest BCUT2D eigenvalue weighted by Crippen LogP contribution is -2.41. The summed E-state index contributed by atoms with van der Waals surface area (Å²) in [5.41, 5.74) is 17.7. The first-order valence-corrected chi connectivity index (χ1v) is 44.0. The molecule has 8 fully saturated rings. The molecule has 4 saturated heterocycles. The Hall–Kier alpha value is -14.1. The molecule has 7 amide bonds. The largest absolute Gasteiger partial charge is 0.481 e. The molecule has 4 aliphatic carbocycles. The normalized spacial score (nSPS) is 19.9. The van der Waals surface area contributed by atoms with Crippen molar-refractivity contribution in [1.82, 2.24) is 69.6 Å². The van der Waals surface area contributed by atoms with E-state index in [2.05, 4.69) is 76.3 Å². The monoisotopic (exact) mass is 1890 g/mol. The van der Waals surface area contributed by atoms with Crippen LogP contribution in [0.15, 0.2) is 240 Å². The molecule has 1 unspecified atom stereocenters. The SMILES string of the molecule is CN.Cn1cc(-n2ncc3cc(I)ccc32)ccc1=O.Cn1cc(-n2ncc3cc(N4C(=O)C[C@@H](NC(=O)C5CC5)[C@@H]4c4ccccc4F)ccc32)ccc1=O.Cn1cc(-n2ncc3cc(N4C(=O)C[C@H](NC(=O)C5CC5)[C@H]4c4ccccc4F)ccc32)ccc1=O.N[C@H]1CC(=O)NC1c1ccccc1F.O=C(O)C1CC1.O=C1C[C@H](NC(=O)C2CC2)[C@@H](c2ccccc2F)N1. The van der Waals surface area contributed by atoms with Gasteiger partial charge in [0.2, 0.25) is 58.0 Å². The highest BCUT2D eigenvalue weighted by Crippen LogP contribution is 2.44. The Kier molecular flexibility index (Phi) is 27.9. The third-order valence-corrected chi connectivity index (χ3v) is 24.4. The van der Waals surface area contributed by atoms with Crippen LogP contribution in [0.4, 0.5) is 28.9 Å². The number of nitrogens with one attached hydrogen (secondary N) is 5. The lowest BCUT2D eigenvalue weighted by molar-refractivity contribution is -0.138. The van der Waals surface area contributed by atoms with Crippen molar-refractivity contribution in [3.63, 3.8) is 0 Å². The molecule has 10 heterocycles. The van der Waals surface area contributed by atoms with Crippen molar-refractivity contribution >= 4 is 114 Å². The highest BCUT2D eigenvalue weighted by atomic mass is 127. The fourth-order valence-corrected chi connectivity index (χ4v) is 16.8. The van der Waals surface area contributed by atoms with Crippen LogP contribution < -0.4 is 64.5 Å². The number of aryl methyl sites for hydroxylation is 3. The van der Waals surface area contributed by atoms with Gasteiger partial charge >= 0.3 is 5.97 Å². The molecule has 21 rings (SSSR count). The topological polar surface area (TPSA) is 395 Å². The molecule has 10 N–H and O–H groups in total. The van der Waals surface area contributed by atoms with Crippen molar-refractivity contribution in [3.8, 4) is 17.1 Å². The summed E-state index contributed by atoms with van der Waals surface area (Å²) < 4.78 is 68.0. The standard InChI is InChI=1S/2C27H24FN5O3.C14H15FN2O2.C13H10IN3O.C10H11FN2O.C4H6O2.CH5N/c2*1-31-15-19(9-11-24(31)34)33-23-10-8-18(12-17(23)14-29-33)32-25(35)13-22(30-27(36)16-6-7-16)26(32)20-4-2-3-5-21(20)28;15-10-4-2-1-3-9(10)13-11(7-12(18)17-13)16-14(19)8-5-6-8;1-16-8-11(3-5-13(16)18)17-12-4-2-10(14)6-9(12)7-15-17;11-7-4-2-1-3-6(7)10-8(12)5-9(14)13-10;5-4(6)3-1-2-3;1-2/h2*2-5,8-12,14-16,22,26H,6-7,13H2,1H3,(H,30,36);1-4,8,11,13H,5-7H2,(H,16,19)(H,17,18);2-8H,1H3;1-4,8,10H,5,12H2,(H,13,14);3H,1-2H2,(H,5,6);2H2,1H3/t2*22-,26+;11-,13+;;8-,10?;;/m100.0../s1. The number of pyridine rings is 3. The second-order valence-corrected chi connectivity index (χ2v) is 34.5. The number of rotatable bonds is 16. The van der Waals surface area contributed by atoms with E-state index in [1.807, 2.05) is 47.3 Å². The van der Waals surface area contributed by atoms with Crippen molar-refractivity contribution in [2.75, 3.05) is 16.8 Å². The van der Waals surface area contributed by atoms with E-state index in [1.54, 1.807) is 185 Å². The number of hydrogen-bond donors (Lipinski definition) is 8. The molecule has 676 valence electrons. The van der Waals surface area contributed by atoms with Gasteiger partial charge in [-0.15, -0.1) is 0 Å². The minimum Gasteiger partial charge on any atom is -0.481 e. The molecule has 30 nitrogen and oxygen atoms in total. The second-order valence-electron chi connectivity index (χ2n) is 33.2. The summed E-state index contributed by atoms with van der Waals surface area (Å²) in [6, 6.07) is 48.4. The average molecular weight is 1900 g/mol. The van der Waals surface area contributed by atoms with Gasteiger partial charge < -0.3 is 66.7 Å². The number of anilines is 2. The van der Waals surface area contributed by atoms with E-state index in [0.29, 0.717) is 33.6 Å². The number of carboxylic acid groups (broad SMARTS) is 1. The highest BCUT2D eigenvalue weighted by Gasteiger charge is 2.48. The van der Waals surface area contributed by atoms with Gasteiger partial charge in [-0.1, -0.05) is 72.8 Å². The van der Waals surface area contributed by atoms with E-state index in [9.17, 15) is 70.3 Å². The van der Waals surface area contributed by atoms with Gasteiger partial charge in [0.05, 0.1) is 100 Å². The molecule has 0 spiro atoms. The van der Waals surface area contributed by atoms with E-state index >= 15 is 0 Å². The summed E-state index contributed by atoms with van der Waals surface area (Å²) in [5, 5.41) is 38.3. The molecule has 8 atom stereocenters. The van der Waals surface area contributed by atoms with Gasteiger partial charge in [0.25, 0.3) is 0 Å². The minimum absolute atomic E-state index is 0.0184. The molecule has 4 saturated carbocycles. The van der Waals surface area contributed by atoms with Crippen molar-refractivity contribution in [1.29, 1.82) is 0 Å². The third kappa shape index (κ3) is 21.1. The van der Waals surface area contributed by atoms with Crippen LogP contribution in [0, 0.1) is 50.5 Å². The van der Waals surface area contributed by atoms with Crippen LogP contribution in [0.3, 0.4) is 0 Å². The number of nitrogens with two attached hydrogens (primary N) is 2. The maximum Gasteiger partial charge on any atom is 0.306 e. The van der Waals surface area contributed by atoms with Gasteiger partial charge in [0, 0.05) is 161 Å². The zero-order valence-electron chi connectivity index (χ0n) is 71.7. The van der Waals surface area contributed by atoms with Crippen LogP contribution in [-0.2, 0) is 59.5 Å². The number of hydrogen-bond acceptors (Lipinski definition) is 16. The molecule has 13 aromatic rings. The summed E-state index contributed by atoms with van der Waals surface area (Å²) in [4.78, 5) is 134. The van der Waals surface area contributed by atoms with Crippen molar-refractivity contribution in [3.05, 3.63) is 305 Å². The predicted octanol–water partition coefficient (Wildman–Crippen LogP) is 10.9. The molecule has 131 heavy (non-hydrogen) atoms. The molecule has 0 bridgehead atoms. The summed E-state index contributed by atoms with van der Waals surface area (Å²) in [6.45, 7) is 0. The van der Waals surface area contributed by atoms with Crippen LogP contribution in [-0.4, -0.2) is 127 Å². The summed E-state index contributed by atoms with van der Waals surface area (Å²) in [5.74, 6) is -2.92. The Morgan fingerprint density at radius 3 is 1.05 bits per heavy atom. The third-order valence-electron chi connectivity index (χ3n) is 23.8. The summed E-state index contributed by atoms with van der Waals surface area (Å²) in [7, 11) is 6.59. The van der Waals surface area contributed by atoms with Gasteiger partial charge in [-0.2, -0.15) is 15.3 Å². The van der Waals surface area contributed by atoms with E-state index in [4.69, 9.17) is 10.8 Å². The summed E-state index contributed by atoms with van der Waals surface area (Å²) >= 11 is 2.28. The second kappa shape index (κ2) is 39.9. The van der Waals surface area contributed by atoms with Crippen molar-refractivity contribution in [2.45, 2.75) is 125 Å². The predicted molar refractivity (Wildman–Crippen MR) is 490 cm³/mol. The number of aliphatic carboxylic acids is 1. The number of carbonyl (C=O) groups excluding carboxylic acids is 7. The highest BCUT2D eigenvalue weighted by molar-refractivity contribution is 14.1. The minimum atomic E-state index is -0.669. The number of halogens is 5. The smallest absolute Gasteiger partial charge is 0.306 e. The van der Waals surface area contributed by atoms with Crippen LogP contribution >= 0.6 is 22.6 Å². The number of carboxylic acids is 1. The van der Waals surface area contributed by atoms with Gasteiger partial charge in [-0.05, 0) is 178 Å². The Bertz CT molecular complexity index is 6500.